The summed E-state index contributed by atoms with van der Waals surface area (Å²) < 4.78 is 12.1. The lowest BCUT2D eigenvalue weighted by molar-refractivity contribution is 0.0391. The van der Waals surface area contributed by atoms with Gasteiger partial charge in [0.25, 0.3) is 5.91 Å². The Morgan fingerprint density at radius 2 is 1.89 bits per heavy atom. The van der Waals surface area contributed by atoms with Crippen LogP contribution in [0.2, 0.25) is 0 Å². The number of anilines is 1. The van der Waals surface area contributed by atoms with E-state index in [4.69, 9.17) is 14.1 Å². The molecule has 0 bridgehead atoms. The van der Waals surface area contributed by atoms with Crippen LogP contribution in [0.25, 0.3) is 32.0 Å². The molecular formula is C28H25N3O4S. The molecular weight excluding hydrogens is 474 g/mol. The first-order valence-electron chi connectivity index (χ1n) is 12.0. The fourth-order valence-corrected chi connectivity index (χ4v) is 5.74. The van der Waals surface area contributed by atoms with E-state index in [1.165, 1.54) is 11.3 Å². The average molecular weight is 500 g/mol. The van der Waals surface area contributed by atoms with E-state index in [2.05, 4.69) is 11.0 Å². The number of carbonyl (C=O) groups is 1. The van der Waals surface area contributed by atoms with Gasteiger partial charge in [-0.3, -0.25) is 14.6 Å². The first-order chi connectivity index (χ1) is 17.6. The minimum atomic E-state index is -0.642. The van der Waals surface area contributed by atoms with Crippen molar-refractivity contribution in [2.45, 2.75) is 6.92 Å². The van der Waals surface area contributed by atoms with Crippen molar-refractivity contribution in [1.82, 2.24) is 9.88 Å². The highest BCUT2D eigenvalue weighted by atomic mass is 32.1. The topological polar surface area (TPSA) is 75.9 Å². The van der Waals surface area contributed by atoms with Crippen LogP contribution in [0.5, 0.6) is 0 Å². The summed E-state index contributed by atoms with van der Waals surface area (Å²) in [5.41, 5.74) is 1.80. The lowest BCUT2D eigenvalue weighted by atomic mass is 10.0. The Labute approximate surface area is 211 Å². The van der Waals surface area contributed by atoms with E-state index in [1.54, 1.807) is 17.0 Å². The lowest BCUT2D eigenvalue weighted by Gasteiger charge is -2.29. The van der Waals surface area contributed by atoms with Crippen LogP contribution in [0.4, 0.5) is 5.13 Å². The normalized spacial score (nSPS) is 14.6. The first kappa shape index (κ1) is 22.8. The summed E-state index contributed by atoms with van der Waals surface area (Å²) in [5.74, 6) is -0.400. The second kappa shape index (κ2) is 9.46. The van der Waals surface area contributed by atoms with Crippen LogP contribution in [-0.2, 0) is 4.74 Å². The molecule has 0 unspecified atom stereocenters. The molecule has 1 saturated heterocycles. The maximum atomic E-state index is 14.0. The van der Waals surface area contributed by atoms with Crippen molar-refractivity contribution in [2.24, 2.45) is 0 Å². The van der Waals surface area contributed by atoms with E-state index in [-0.39, 0.29) is 5.56 Å². The fraction of sp³-hybridized carbons (Fsp3) is 0.250. The van der Waals surface area contributed by atoms with Gasteiger partial charge in [-0.25, -0.2) is 9.78 Å². The fourth-order valence-electron chi connectivity index (χ4n) is 4.65. The average Bonchev–Trinajstić information content (AvgIpc) is 3.31. The van der Waals surface area contributed by atoms with Gasteiger partial charge in [0.05, 0.1) is 23.4 Å². The van der Waals surface area contributed by atoms with Gasteiger partial charge in [0.15, 0.2) is 5.13 Å². The summed E-state index contributed by atoms with van der Waals surface area (Å²) in [6.07, 6.45) is 0. The molecule has 0 saturated carbocycles. The third kappa shape index (κ3) is 4.28. The summed E-state index contributed by atoms with van der Waals surface area (Å²) in [6.45, 7) is 6.07. The predicted octanol–water partition coefficient (Wildman–Crippen LogP) is 4.84. The predicted molar refractivity (Wildman–Crippen MR) is 143 cm³/mol. The number of morpholine rings is 1. The molecule has 182 valence electrons. The number of benzene rings is 3. The molecule has 1 aliphatic rings. The molecule has 0 atom stereocenters. The van der Waals surface area contributed by atoms with E-state index in [0.29, 0.717) is 37.0 Å². The van der Waals surface area contributed by atoms with Crippen molar-refractivity contribution in [2.75, 3.05) is 44.3 Å². The zero-order valence-electron chi connectivity index (χ0n) is 19.9. The number of rotatable bonds is 5. The molecule has 2 aromatic heterocycles. The minimum absolute atomic E-state index is 0.0104. The van der Waals surface area contributed by atoms with Crippen molar-refractivity contribution in [3.63, 3.8) is 0 Å². The van der Waals surface area contributed by atoms with Crippen LogP contribution in [-0.4, -0.2) is 55.2 Å². The Morgan fingerprint density at radius 1 is 1.06 bits per heavy atom. The van der Waals surface area contributed by atoms with Crippen molar-refractivity contribution in [3.8, 4) is 0 Å². The number of aromatic nitrogens is 1. The number of thiazole rings is 1. The Hall–Kier alpha value is -3.59. The van der Waals surface area contributed by atoms with Gasteiger partial charge in [-0.2, -0.15) is 0 Å². The molecule has 1 amide bonds. The summed E-state index contributed by atoms with van der Waals surface area (Å²) in [5, 5.41) is 3.27. The maximum Gasteiger partial charge on any atom is 0.349 e. The molecule has 0 N–H and O–H groups in total. The molecule has 1 aliphatic heterocycles. The summed E-state index contributed by atoms with van der Waals surface area (Å²) >= 11 is 1.46. The van der Waals surface area contributed by atoms with E-state index in [9.17, 15) is 9.59 Å². The second-order valence-corrected chi connectivity index (χ2v) is 10.0. The number of ether oxygens (including phenoxy) is 1. The van der Waals surface area contributed by atoms with Gasteiger partial charge in [0, 0.05) is 31.6 Å². The first-order valence-corrected chi connectivity index (χ1v) is 12.8. The van der Waals surface area contributed by atoms with Crippen LogP contribution in [0.1, 0.15) is 15.9 Å². The number of nitrogens with zero attached hydrogens (tertiary/aromatic N) is 3. The molecule has 0 spiro atoms. The van der Waals surface area contributed by atoms with Crippen molar-refractivity contribution < 1.29 is 13.9 Å². The highest BCUT2D eigenvalue weighted by Gasteiger charge is 2.26. The smallest absolute Gasteiger partial charge is 0.349 e. The van der Waals surface area contributed by atoms with E-state index in [1.807, 2.05) is 49.4 Å². The van der Waals surface area contributed by atoms with Crippen LogP contribution >= 0.6 is 11.3 Å². The largest absolute Gasteiger partial charge is 0.422 e. The molecule has 36 heavy (non-hydrogen) atoms. The number of fused-ring (bicyclic) bond motifs is 4. The number of carbonyl (C=O) groups excluding carboxylic acids is 1. The minimum Gasteiger partial charge on any atom is -0.422 e. The third-order valence-corrected chi connectivity index (χ3v) is 7.67. The third-order valence-electron chi connectivity index (χ3n) is 6.62. The Morgan fingerprint density at radius 3 is 2.75 bits per heavy atom. The van der Waals surface area contributed by atoms with Crippen LogP contribution in [0.15, 0.2) is 69.9 Å². The molecule has 7 nitrogen and oxygen atoms in total. The highest BCUT2D eigenvalue weighted by molar-refractivity contribution is 7.22. The standard InChI is InChI=1S/C28H25N3O4S/c1-18-6-8-23-25(16-18)36-28(29-23)31(11-10-30-12-14-34-15-13-30)26(32)22-17-21-20-5-3-2-4-19(20)7-9-24(21)35-27(22)33/h2-9,16-17H,10-15H2,1H3. The van der Waals surface area contributed by atoms with Gasteiger partial charge in [0.1, 0.15) is 11.1 Å². The zero-order valence-corrected chi connectivity index (χ0v) is 20.7. The molecule has 3 heterocycles. The Balaban J connectivity index is 1.43. The SMILES string of the molecule is Cc1ccc2nc(N(CCN3CCOCC3)C(=O)c3cc4c(ccc5ccccc54)oc3=O)sc2c1. The number of amides is 1. The zero-order chi connectivity index (χ0) is 24.6. The summed E-state index contributed by atoms with van der Waals surface area (Å²) in [7, 11) is 0. The van der Waals surface area contributed by atoms with E-state index in [0.717, 1.165) is 45.0 Å². The molecule has 6 rings (SSSR count). The van der Waals surface area contributed by atoms with E-state index < -0.39 is 11.5 Å². The molecule has 8 heteroatoms. The maximum absolute atomic E-state index is 14.0. The van der Waals surface area contributed by atoms with Gasteiger partial charge in [0.2, 0.25) is 0 Å². The Kier molecular flexibility index (Phi) is 6.00. The van der Waals surface area contributed by atoms with Gasteiger partial charge in [-0.05, 0) is 47.5 Å². The van der Waals surface area contributed by atoms with Crippen LogP contribution in [0, 0.1) is 6.92 Å². The molecule has 3 aromatic carbocycles. The quantitative estimate of drug-likeness (QED) is 0.254. The number of hydrogen-bond acceptors (Lipinski definition) is 7. The van der Waals surface area contributed by atoms with Crippen molar-refractivity contribution in [3.05, 3.63) is 82.2 Å². The molecule has 5 aromatic rings. The van der Waals surface area contributed by atoms with Gasteiger partial charge in [-0.15, -0.1) is 0 Å². The highest BCUT2D eigenvalue weighted by Crippen LogP contribution is 2.31. The monoisotopic (exact) mass is 499 g/mol. The van der Waals surface area contributed by atoms with Crippen LogP contribution in [0.3, 0.4) is 0 Å². The van der Waals surface area contributed by atoms with Gasteiger partial charge in [-0.1, -0.05) is 47.7 Å². The van der Waals surface area contributed by atoms with Gasteiger partial charge >= 0.3 is 5.63 Å². The number of aryl methyl sites for hydroxylation is 1. The van der Waals surface area contributed by atoms with Gasteiger partial charge < -0.3 is 9.15 Å². The number of hydrogen-bond donors (Lipinski definition) is 0. The molecule has 0 radical (unpaired) electrons. The van der Waals surface area contributed by atoms with Crippen molar-refractivity contribution in [1.29, 1.82) is 0 Å². The van der Waals surface area contributed by atoms with Crippen LogP contribution < -0.4 is 10.5 Å². The lowest BCUT2D eigenvalue weighted by Crippen LogP contribution is -2.44. The van der Waals surface area contributed by atoms with E-state index >= 15 is 0 Å². The summed E-state index contributed by atoms with van der Waals surface area (Å²) in [6, 6.07) is 19.3. The summed E-state index contributed by atoms with van der Waals surface area (Å²) in [4.78, 5) is 35.6. The molecule has 1 fully saturated rings. The molecule has 0 aliphatic carbocycles. The Bertz CT molecular complexity index is 1650. The van der Waals surface area contributed by atoms with Crippen molar-refractivity contribution >= 4 is 54.3 Å². The second-order valence-electron chi connectivity index (χ2n) is 9.02.